The normalized spacial score (nSPS) is 10.4. The number of nitrogens with zero attached hydrogens (tertiary/aromatic N) is 1. The van der Waals surface area contributed by atoms with Gasteiger partial charge >= 0.3 is 0 Å². The van der Waals surface area contributed by atoms with E-state index in [0.717, 1.165) is 0 Å². The number of nitrogens with two attached hydrogens (primary N) is 1. The van der Waals surface area contributed by atoms with Crippen molar-refractivity contribution in [3.63, 3.8) is 0 Å². The fourth-order valence-corrected chi connectivity index (χ4v) is 1.85. The van der Waals surface area contributed by atoms with E-state index in [9.17, 15) is 8.78 Å². The van der Waals surface area contributed by atoms with E-state index in [1.807, 2.05) is 0 Å². The summed E-state index contributed by atoms with van der Waals surface area (Å²) in [4.78, 5) is 3.56. The topological polar surface area (TPSA) is 48.1 Å². The molecular formula is C12H9ClF2N2O. The van der Waals surface area contributed by atoms with Gasteiger partial charge in [0.05, 0.1) is 17.7 Å². The van der Waals surface area contributed by atoms with Crippen LogP contribution in [-0.4, -0.2) is 12.1 Å². The SMILES string of the molecule is COc1cccc(F)c1-c1c(Cl)cnc(N)c1F. The summed E-state index contributed by atoms with van der Waals surface area (Å²) in [6, 6.07) is 4.14. The monoisotopic (exact) mass is 270 g/mol. The largest absolute Gasteiger partial charge is 0.496 e. The number of hydrogen-bond donors (Lipinski definition) is 1. The van der Waals surface area contributed by atoms with Gasteiger partial charge in [0, 0.05) is 11.8 Å². The second-order valence-corrected chi connectivity index (χ2v) is 3.90. The zero-order chi connectivity index (χ0) is 13.3. The molecule has 1 aromatic carbocycles. The van der Waals surface area contributed by atoms with Crippen LogP contribution in [0.25, 0.3) is 11.1 Å². The van der Waals surface area contributed by atoms with Gasteiger partial charge in [-0.1, -0.05) is 17.7 Å². The highest BCUT2D eigenvalue weighted by molar-refractivity contribution is 6.33. The predicted octanol–water partition coefficient (Wildman–Crippen LogP) is 3.27. The first-order valence-electron chi connectivity index (χ1n) is 4.98. The first kappa shape index (κ1) is 12.6. The van der Waals surface area contributed by atoms with Gasteiger partial charge in [-0.2, -0.15) is 0 Å². The van der Waals surface area contributed by atoms with Crippen LogP contribution in [0, 0.1) is 11.6 Å². The molecule has 0 unspecified atom stereocenters. The van der Waals surface area contributed by atoms with Gasteiger partial charge in [0.25, 0.3) is 0 Å². The third-order valence-electron chi connectivity index (χ3n) is 2.45. The molecule has 0 aliphatic carbocycles. The summed E-state index contributed by atoms with van der Waals surface area (Å²) in [6.45, 7) is 0. The molecule has 1 aromatic heterocycles. The van der Waals surface area contributed by atoms with Crippen molar-refractivity contribution >= 4 is 17.4 Å². The van der Waals surface area contributed by atoms with Gasteiger partial charge in [-0.3, -0.25) is 0 Å². The Morgan fingerprint density at radius 2 is 2.00 bits per heavy atom. The second-order valence-electron chi connectivity index (χ2n) is 3.50. The molecule has 0 atom stereocenters. The Bertz CT molecular complexity index is 605. The molecule has 1 heterocycles. The van der Waals surface area contributed by atoms with Crippen LogP contribution in [0.3, 0.4) is 0 Å². The minimum atomic E-state index is -0.870. The molecule has 6 heteroatoms. The van der Waals surface area contributed by atoms with Crippen LogP contribution in [0.15, 0.2) is 24.4 Å². The summed E-state index contributed by atoms with van der Waals surface area (Å²) in [5, 5.41) is -0.0369. The Labute approximate surface area is 107 Å². The molecule has 0 aliphatic rings. The summed E-state index contributed by atoms with van der Waals surface area (Å²) in [5.74, 6) is -1.70. The number of pyridine rings is 1. The van der Waals surface area contributed by atoms with Gasteiger partial charge < -0.3 is 10.5 Å². The van der Waals surface area contributed by atoms with E-state index < -0.39 is 11.6 Å². The molecule has 0 fully saturated rings. The Kier molecular flexibility index (Phi) is 3.34. The quantitative estimate of drug-likeness (QED) is 0.911. The van der Waals surface area contributed by atoms with Crippen molar-refractivity contribution in [1.82, 2.24) is 4.98 Å². The third kappa shape index (κ3) is 1.97. The third-order valence-corrected chi connectivity index (χ3v) is 2.73. The first-order valence-corrected chi connectivity index (χ1v) is 5.36. The summed E-state index contributed by atoms with van der Waals surface area (Å²) in [7, 11) is 1.36. The van der Waals surface area contributed by atoms with E-state index in [-0.39, 0.29) is 27.7 Å². The molecule has 18 heavy (non-hydrogen) atoms. The van der Waals surface area contributed by atoms with Crippen molar-refractivity contribution in [3.8, 4) is 16.9 Å². The van der Waals surface area contributed by atoms with Gasteiger partial charge in [-0.15, -0.1) is 0 Å². The number of methoxy groups -OCH3 is 1. The molecule has 0 aliphatic heterocycles. The van der Waals surface area contributed by atoms with Crippen molar-refractivity contribution < 1.29 is 13.5 Å². The van der Waals surface area contributed by atoms with Crippen LogP contribution in [0.5, 0.6) is 5.75 Å². The fourth-order valence-electron chi connectivity index (χ4n) is 1.63. The molecule has 2 aromatic rings. The fraction of sp³-hybridized carbons (Fsp3) is 0.0833. The maximum atomic E-state index is 14.0. The molecule has 0 saturated carbocycles. The molecule has 0 spiro atoms. The molecule has 0 saturated heterocycles. The lowest BCUT2D eigenvalue weighted by atomic mass is 10.0. The van der Waals surface area contributed by atoms with Crippen LogP contribution >= 0.6 is 11.6 Å². The highest BCUT2D eigenvalue weighted by Crippen LogP contribution is 2.39. The Morgan fingerprint density at radius 1 is 1.28 bits per heavy atom. The number of anilines is 1. The lowest BCUT2D eigenvalue weighted by Gasteiger charge is -2.12. The molecule has 0 radical (unpaired) electrons. The number of hydrogen-bond acceptors (Lipinski definition) is 3. The molecular weight excluding hydrogens is 262 g/mol. The summed E-state index contributed by atoms with van der Waals surface area (Å²) >= 11 is 5.86. The lowest BCUT2D eigenvalue weighted by Crippen LogP contribution is -2.00. The Morgan fingerprint density at radius 3 is 2.67 bits per heavy atom. The van der Waals surface area contributed by atoms with Gasteiger partial charge in [-0.25, -0.2) is 13.8 Å². The van der Waals surface area contributed by atoms with Gasteiger partial charge in [0.2, 0.25) is 0 Å². The highest BCUT2D eigenvalue weighted by Gasteiger charge is 2.21. The average molecular weight is 271 g/mol. The van der Waals surface area contributed by atoms with Crippen LogP contribution in [-0.2, 0) is 0 Å². The van der Waals surface area contributed by atoms with Crippen LogP contribution in [0.4, 0.5) is 14.6 Å². The van der Waals surface area contributed by atoms with Gasteiger partial charge in [-0.05, 0) is 12.1 Å². The van der Waals surface area contributed by atoms with Crippen molar-refractivity contribution in [2.45, 2.75) is 0 Å². The number of nitrogen functional groups attached to an aromatic ring is 1. The van der Waals surface area contributed by atoms with E-state index >= 15 is 0 Å². The molecule has 3 nitrogen and oxygen atoms in total. The maximum absolute atomic E-state index is 14.0. The van der Waals surface area contributed by atoms with E-state index in [0.29, 0.717) is 0 Å². The molecule has 0 amide bonds. The van der Waals surface area contributed by atoms with Gasteiger partial charge in [0.15, 0.2) is 11.6 Å². The van der Waals surface area contributed by atoms with Crippen LogP contribution in [0.1, 0.15) is 0 Å². The number of rotatable bonds is 2. The van der Waals surface area contributed by atoms with Gasteiger partial charge in [0.1, 0.15) is 11.6 Å². The van der Waals surface area contributed by atoms with E-state index in [4.69, 9.17) is 22.1 Å². The zero-order valence-electron chi connectivity index (χ0n) is 9.38. The van der Waals surface area contributed by atoms with E-state index in [1.165, 1.54) is 31.5 Å². The number of benzene rings is 1. The van der Waals surface area contributed by atoms with Crippen LogP contribution < -0.4 is 10.5 Å². The van der Waals surface area contributed by atoms with E-state index in [2.05, 4.69) is 4.98 Å². The Hall–Kier alpha value is -1.88. The van der Waals surface area contributed by atoms with Crippen molar-refractivity contribution in [2.24, 2.45) is 0 Å². The molecule has 0 bridgehead atoms. The average Bonchev–Trinajstić information content (AvgIpc) is 2.36. The first-order chi connectivity index (χ1) is 8.56. The number of aromatic nitrogens is 1. The molecule has 94 valence electrons. The minimum absolute atomic E-state index is 0.0369. The minimum Gasteiger partial charge on any atom is -0.496 e. The number of halogens is 3. The number of ether oxygens (including phenoxy) is 1. The standard InChI is InChI=1S/C12H9ClF2N2O/c1-18-8-4-2-3-7(14)10(8)9-6(13)5-17-12(16)11(9)15/h2-5H,1H3,(H2,16,17). The summed E-state index contributed by atoms with van der Waals surface area (Å²) < 4.78 is 32.8. The smallest absolute Gasteiger partial charge is 0.174 e. The van der Waals surface area contributed by atoms with Crippen molar-refractivity contribution in [2.75, 3.05) is 12.8 Å². The maximum Gasteiger partial charge on any atom is 0.174 e. The van der Waals surface area contributed by atoms with Crippen molar-refractivity contribution in [3.05, 3.63) is 41.1 Å². The summed E-state index contributed by atoms with van der Waals surface area (Å²) in [5.41, 5.74) is 5.13. The highest BCUT2D eigenvalue weighted by atomic mass is 35.5. The molecule has 2 N–H and O–H groups in total. The molecule has 2 rings (SSSR count). The van der Waals surface area contributed by atoms with E-state index in [1.54, 1.807) is 0 Å². The summed E-state index contributed by atoms with van der Waals surface area (Å²) in [6.07, 6.45) is 1.17. The zero-order valence-corrected chi connectivity index (χ0v) is 10.1. The lowest BCUT2D eigenvalue weighted by molar-refractivity contribution is 0.413. The Balaban J connectivity index is 2.81. The van der Waals surface area contributed by atoms with Crippen LogP contribution in [0.2, 0.25) is 5.02 Å². The predicted molar refractivity (Wildman–Crippen MR) is 65.6 cm³/mol. The van der Waals surface area contributed by atoms with Crippen molar-refractivity contribution in [1.29, 1.82) is 0 Å². The second kappa shape index (κ2) is 4.78.